The smallest absolute Gasteiger partial charge is 0.243 e. The Morgan fingerprint density at radius 2 is 1.85 bits per heavy atom. The van der Waals surface area contributed by atoms with Crippen LogP contribution in [0.5, 0.6) is 0 Å². The highest BCUT2D eigenvalue weighted by atomic mass is 32.2. The maximum atomic E-state index is 13.4. The summed E-state index contributed by atoms with van der Waals surface area (Å²) in [7, 11) is -3.55. The molecule has 2 aliphatic rings. The highest BCUT2D eigenvalue weighted by Crippen LogP contribution is 2.35. The number of aromatic nitrogens is 1. The van der Waals surface area contributed by atoms with E-state index in [1.54, 1.807) is 16.4 Å². The van der Waals surface area contributed by atoms with Crippen LogP contribution < -0.4 is 5.32 Å². The van der Waals surface area contributed by atoms with E-state index in [0.717, 1.165) is 29.9 Å². The standard InChI is InChI=1S/C21H27N3O2S/c1-21(2,3)17-6-8-18(9-7-17)27(25,26)24-13-15-5-4-10-23-20(15)19-12-22-11-16(19)14-24/h4-10,16,19,22H,11-14H2,1-3H3/t16-,19+/m0/s1. The third kappa shape index (κ3) is 3.42. The van der Waals surface area contributed by atoms with E-state index in [4.69, 9.17) is 0 Å². The lowest BCUT2D eigenvalue weighted by Crippen LogP contribution is -2.35. The van der Waals surface area contributed by atoms with E-state index < -0.39 is 10.0 Å². The minimum atomic E-state index is -3.55. The van der Waals surface area contributed by atoms with Crippen molar-refractivity contribution in [2.75, 3.05) is 19.6 Å². The van der Waals surface area contributed by atoms with Crippen LogP contribution in [0.2, 0.25) is 0 Å². The molecule has 1 fully saturated rings. The lowest BCUT2D eigenvalue weighted by Gasteiger charge is -2.24. The van der Waals surface area contributed by atoms with Crippen LogP contribution in [-0.4, -0.2) is 37.3 Å². The lowest BCUT2D eigenvalue weighted by atomic mass is 9.87. The average molecular weight is 386 g/mol. The molecule has 1 aromatic heterocycles. The molecule has 4 rings (SSSR count). The first-order valence-electron chi connectivity index (χ1n) is 9.52. The maximum Gasteiger partial charge on any atom is 0.243 e. The third-order valence-corrected chi connectivity index (χ3v) is 7.59. The summed E-state index contributed by atoms with van der Waals surface area (Å²) < 4.78 is 28.4. The van der Waals surface area contributed by atoms with Crippen molar-refractivity contribution in [2.45, 2.75) is 43.5 Å². The van der Waals surface area contributed by atoms with Crippen molar-refractivity contribution in [2.24, 2.45) is 5.92 Å². The third-order valence-electron chi connectivity index (χ3n) is 5.76. The summed E-state index contributed by atoms with van der Waals surface area (Å²) >= 11 is 0. The molecule has 5 nitrogen and oxygen atoms in total. The molecule has 2 aromatic rings. The second-order valence-corrected chi connectivity index (χ2v) is 10.6. The zero-order chi connectivity index (χ0) is 19.2. The Hall–Kier alpha value is -1.76. The monoisotopic (exact) mass is 385 g/mol. The minimum absolute atomic E-state index is 0.00174. The number of hydrogen-bond donors (Lipinski definition) is 1. The van der Waals surface area contributed by atoms with E-state index in [1.165, 1.54) is 0 Å². The van der Waals surface area contributed by atoms with Crippen LogP contribution in [0.1, 0.15) is 43.5 Å². The van der Waals surface area contributed by atoms with E-state index in [0.29, 0.717) is 18.0 Å². The Balaban J connectivity index is 1.70. The first-order chi connectivity index (χ1) is 12.8. The number of rotatable bonds is 2. The van der Waals surface area contributed by atoms with Crippen LogP contribution in [0.4, 0.5) is 0 Å². The molecule has 0 spiro atoms. The van der Waals surface area contributed by atoms with E-state index in [1.807, 2.05) is 30.5 Å². The summed E-state index contributed by atoms with van der Waals surface area (Å²) in [6, 6.07) is 11.3. The van der Waals surface area contributed by atoms with Crippen molar-refractivity contribution >= 4 is 10.0 Å². The molecule has 0 amide bonds. The van der Waals surface area contributed by atoms with Crippen molar-refractivity contribution in [1.82, 2.24) is 14.6 Å². The molecule has 0 unspecified atom stereocenters. The molecule has 1 saturated heterocycles. The average Bonchev–Trinajstić information content (AvgIpc) is 3.03. The molecule has 144 valence electrons. The number of fused-ring (bicyclic) bond motifs is 3. The van der Waals surface area contributed by atoms with E-state index in [9.17, 15) is 8.42 Å². The van der Waals surface area contributed by atoms with Gasteiger partial charge in [0.1, 0.15) is 0 Å². The fourth-order valence-corrected chi connectivity index (χ4v) is 5.61. The van der Waals surface area contributed by atoms with Crippen LogP contribution in [-0.2, 0) is 22.0 Å². The summed E-state index contributed by atoms with van der Waals surface area (Å²) in [6.07, 6.45) is 1.81. The number of benzene rings is 1. The molecule has 27 heavy (non-hydrogen) atoms. The van der Waals surface area contributed by atoms with Crippen molar-refractivity contribution in [3.63, 3.8) is 0 Å². The zero-order valence-electron chi connectivity index (χ0n) is 16.1. The van der Waals surface area contributed by atoms with Gasteiger partial charge in [0, 0.05) is 37.4 Å². The molecule has 0 aliphatic carbocycles. The molecule has 0 radical (unpaired) electrons. The van der Waals surface area contributed by atoms with E-state index in [-0.39, 0.29) is 17.3 Å². The first-order valence-corrected chi connectivity index (χ1v) is 11.0. The topological polar surface area (TPSA) is 62.3 Å². The van der Waals surface area contributed by atoms with Gasteiger partial charge in [-0.25, -0.2) is 8.42 Å². The van der Waals surface area contributed by atoms with Gasteiger partial charge < -0.3 is 5.32 Å². The van der Waals surface area contributed by atoms with Crippen molar-refractivity contribution < 1.29 is 8.42 Å². The second kappa shape index (κ2) is 6.69. The van der Waals surface area contributed by atoms with Gasteiger partial charge in [-0.3, -0.25) is 4.98 Å². The summed E-state index contributed by atoms with van der Waals surface area (Å²) in [5.41, 5.74) is 3.20. The van der Waals surface area contributed by atoms with Gasteiger partial charge in [0.25, 0.3) is 0 Å². The maximum absolute atomic E-state index is 13.4. The normalized spacial score (nSPS) is 23.5. The number of nitrogens with one attached hydrogen (secondary N) is 1. The Kier molecular flexibility index (Phi) is 4.61. The van der Waals surface area contributed by atoms with E-state index in [2.05, 4.69) is 31.1 Å². The summed E-state index contributed by atoms with van der Waals surface area (Å²) in [6.45, 7) is 8.99. The van der Waals surface area contributed by atoms with Crippen molar-refractivity contribution in [3.8, 4) is 0 Å². The Morgan fingerprint density at radius 3 is 2.56 bits per heavy atom. The van der Waals surface area contributed by atoms with Crippen molar-refractivity contribution in [3.05, 3.63) is 59.4 Å². The number of pyridine rings is 1. The number of hydrogen-bond acceptors (Lipinski definition) is 4. The van der Waals surface area contributed by atoms with E-state index >= 15 is 0 Å². The van der Waals surface area contributed by atoms with Crippen LogP contribution in [0.15, 0.2) is 47.5 Å². The van der Waals surface area contributed by atoms with Gasteiger partial charge >= 0.3 is 0 Å². The van der Waals surface area contributed by atoms with Gasteiger partial charge in [0.05, 0.1) is 4.90 Å². The molecule has 2 atom stereocenters. The Bertz CT molecular complexity index is 933. The van der Waals surface area contributed by atoms with Crippen LogP contribution in [0.3, 0.4) is 0 Å². The second-order valence-electron chi connectivity index (χ2n) is 8.64. The molecule has 0 saturated carbocycles. The number of nitrogens with zero attached hydrogens (tertiary/aromatic N) is 2. The van der Waals surface area contributed by atoms with Crippen LogP contribution >= 0.6 is 0 Å². The van der Waals surface area contributed by atoms with Crippen LogP contribution in [0.25, 0.3) is 0 Å². The van der Waals surface area contributed by atoms with Gasteiger partial charge in [-0.15, -0.1) is 0 Å². The first kappa shape index (κ1) is 18.6. The van der Waals surface area contributed by atoms with Gasteiger partial charge in [-0.1, -0.05) is 39.0 Å². The van der Waals surface area contributed by atoms with Gasteiger partial charge in [-0.05, 0) is 47.2 Å². The molecule has 1 aromatic carbocycles. The molecule has 6 heteroatoms. The Morgan fingerprint density at radius 1 is 1.11 bits per heavy atom. The quantitative estimate of drug-likeness (QED) is 0.863. The molecular formula is C21H27N3O2S. The predicted molar refractivity (Wildman–Crippen MR) is 106 cm³/mol. The number of sulfonamides is 1. The highest BCUT2D eigenvalue weighted by Gasteiger charge is 2.39. The summed E-state index contributed by atoms with van der Waals surface area (Å²) in [4.78, 5) is 4.95. The zero-order valence-corrected chi connectivity index (χ0v) is 17.0. The van der Waals surface area contributed by atoms with Gasteiger partial charge in [0.2, 0.25) is 10.0 Å². The highest BCUT2D eigenvalue weighted by molar-refractivity contribution is 7.89. The Labute approximate surface area is 161 Å². The lowest BCUT2D eigenvalue weighted by molar-refractivity contribution is 0.349. The fourth-order valence-electron chi connectivity index (χ4n) is 4.14. The predicted octanol–water partition coefficient (Wildman–Crippen LogP) is 2.89. The largest absolute Gasteiger partial charge is 0.316 e. The SMILES string of the molecule is CC(C)(C)c1ccc(S(=O)(=O)N2Cc3cccnc3[C@@H]3CNC[C@H]3C2)cc1. The molecule has 0 bridgehead atoms. The fraction of sp³-hybridized carbons (Fsp3) is 0.476. The van der Waals surface area contributed by atoms with Gasteiger partial charge in [0.15, 0.2) is 0 Å². The molecular weight excluding hydrogens is 358 g/mol. The summed E-state index contributed by atoms with van der Waals surface area (Å²) in [5, 5.41) is 3.41. The van der Waals surface area contributed by atoms with Crippen LogP contribution in [0, 0.1) is 5.92 Å². The van der Waals surface area contributed by atoms with Crippen molar-refractivity contribution in [1.29, 1.82) is 0 Å². The van der Waals surface area contributed by atoms with Gasteiger partial charge in [-0.2, -0.15) is 4.31 Å². The minimum Gasteiger partial charge on any atom is -0.316 e. The molecule has 3 heterocycles. The summed E-state index contributed by atoms with van der Waals surface area (Å²) in [5.74, 6) is 0.537. The molecule has 2 aliphatic heterocycles. The molecule has 1 N–H and O–H groups in total.